The van der Waals surface area contributed by atoms with Crippen molar-refractivity contribution in [2.75, 3.05) is 0 Å². The molecule has 0 bridgehead atoms. The largest absolute Gasteiger partial charge is 0.456 e. The van der Waals surface area contributed by atoms with Crippen LogP contribution in [0.25, 0.3) is 21.6 Å². The summed E-state index contributed by atoms with van der Waals surface area (Å²) >= 11 is 1.55. The highest BCUT2D eigenvalue weighted by molar-refractivity contribution is 7.13. The number of hydrogen-bond acceptors (Lipinski definition) is 6. The number of benzene rings is 2. The number of esters is 1. The van der Waals surface area contributed by atoms with E-state index in [2.05, 4.69) is 53.1 Å². The number of aromatic nitrogens is 3. The smallest absolute Gasteiger partial charge is 0.338 e. The fraction of sp³-hybridized carbons (Fsp3) is 0.250. The zero-order valence-corrected chi connectivity index (χ0v) is 18.3. The first-order valence-electron chi connectivity index (χ1n) is 9.87. The Morgan fingerprint density at radius 2 is 1.67 bits per heavy atom. The van der Waals surface area contributed by atoms with Crippen LogP contribution in [-0.2, 0) is 11.3 Å². The summed E-state index contributed by atoms with van der Waals surface area (Å²) < 4.78 is 5.47. The van der Waals surface area contributed by atoms with Gasteiger partial charge < -0.3 is 4.74 Å². The van der Waals surface area contributed by atoms with Gasteiger partial charge in [-0.1, -0.05) is 38.1 Å². The van der Waals surface area contributed by atoms with Gasteiger partial charge in [-0.3, -0.25) is 0 Å². The first-order valence-corrected chi connectivity index (χ1v) is 10.8. The van der Waals surface area contributed by atoms with Crippen molar-refractivity contribution in [3.63, 3.8) is 0 Å². The lowest BCUT2D eigenvalue weighted by Crippen LogP contribution is -2.06. The van der Waals surface area contributed by atoms with Gasteiger partial charge in [0.2, 0.25) is 0 Å². The van der Waals surface area contributed by atoms with Crippen molar-refractivity contribution in [1.82, 2.24) is 15.0 Å². The minimum atomic E-state index is -0.396. The molecule has 0 unspecified atom stereocenters. The van der Waals surface area contributed by atoms with Crippen LogP contribution in [0.3, 0.4) is 0 Å². The summed E-state index contributed by atoms with van der Waals surface area (Å²) in [5.41, 5.74) is 6.76. The van der Waals surface area contributed by atoms with E-state index in [1.807, 2.05) is 19.2 Å². The van der Waals surface area contributed by atoms with Gasteiger partial charge >= 0.3 is 5.97 Å². The minimum Gasteiger partial charge on any atom is -0.456 e. The third-order valence-corrected chi connectivity index (χ3v) is 5.98. The molecular weight excluding hydrogens is 394 g/mol. The highest BCUT2D eigenvalue weighted by atomic mass is 32.1. The molecule has 2 aromatic carbocycles. The first-order chi connectivity index (χ1) is 14.4. The second-order valence-electron chi connectivity index (χ2n) is 7.59. The van der Waals surface area contributed by atoms with E-state index in [1.165, 1.54) is 5.56 Å². The maximum atomic E-state index is 12.5. The van der Waals surface area contributed by atoms with Crippen LogP contribution in [0.1, 0.15) is 52.8 Å². The van der Waals surface area contributed by atoms with Crippen LogP contribution < -0.4 is 0 Å². The molecule has 4 rings (SSSR count). The number of nitrogens with zero attached hydrogens (tertiary/aromatic N) is 3. The monoisotopic (exact) mass is 417 g/mol. The molecule has 30 heavy (non-hydrogen) atoms. The molecule has 0 radical (unpaired) electrons. The fourth-order valence-corrected chi connectivity index (χ4v) is 3.91. The second kappa shape index (κ2) is 8.32. The van der Waals surface area contributed by atoms with E-state index >= 15 is 0 Å². The molecule has 0 N–H and O–H groups in total. The average Bonchev–Trinajstić information content (AvgIpc) is 3.21. The lowest BCUT2D eigenvalue weighted by atomic mass is 10.0. The number of carbonyl (C=O) groups is 1. The Hall–Kier alpha value is -3.12. The number of thiazole rings is 1. The first kappa shape index (κ1) is 20.2. The molecule has 0 fully saturated rings. The summed E-state index contributed by atoms with van der Waals surface area (Å²) in [4.78, 5) is 26.1. The van der Waals surface area contributed by atoms with Crippen LogP contribution in [-0.4, -0.2) is 20.9 Å². The minimum absolute atomic E-state index is 0.135. The summed E-state index contributed by atoms with van der Waals surface area (Å²) in [6.45, 7) is 8.31. The molecule has 2 aromatic heterocycles. The molecular formula is C24H23N3O2S. The van der Waals surface area contributed by atoms with Crippen LogP contribution in [0.5, 0.6) is 0 Å². The summed E-state index contributed by atoms with van der Waals surface area (Å²) in [7, 11) is 0. The van der Waals surface area contributed by atoms with E-state index in [4.69, 9.17) is 4.74 Å². The Bertz CT molecular complexity index is 1210. The van der Waals surface area contributed by atoms with Crippen molar-refractivity contribution < 1.29 is 9.53 Å². The molecule has 0 aliphatic heterocycles. The van der Waals surface area contributed by atoms with Crippen LogP contribution in [0.4, 0.5) is 0 Å². The predicted octanol–water partition coefficient (Wildman–Crippen LogP) is 5.85. The van der Waals surface area contributed by atoms with E-state index in [9.17, 15) is 4.79 Å². The lowest BCUT2D eigenvalue weighted by molar-refractivity contribution is 0.0468. The molecule has 0 spiro atoms. The fourth-order valence-electron chi connectivity index (χ4n) is 3.10. The van der Waals surface area contributed by atoms with Crippen molar-refractivity contribution >= 4 is 28.3 Å². The van der Waals surface area contributed by atoms with Crippen molar-refractivity contribution in [1.29, 1.82) is 0 Å². The topological polar surface area (TPSA) is 65.0 Å². The van der Waals surface area contributed by atoms with E-state index in [-0.39, 0.29) is 6.61 Å². The average molecular weight is 418 g/mol. The summed E-state index contributed by atoms with van der Waals surface area (Å²) in [6.07, 6.45) is 0. The Morgan fingerprint density at radius 3 is 2.37 bits per heavy atom. The molecule has 5 nitrogen and oxygen atoms in total. The third kappa shape index (κ3) is 4.24. The SMILES string of the molecule is Cc1nc2ccc(C(=O)OCc3csc(-c4ccc(C(C)C)cc4)n3)cc2nc1C. The van der Waals surface area contributed by atoms with Crippen LogP contribution in [0, 0.1) is 13.8 Å². The molecule has 2 heterocycles. The van der Waals surface area contributed by atoms with Crippen LogP contribution in [0.2, 0.25) is 0 Å². The molecule has 0 amide bonds. The van der Waals surface area contributed by atoms with Gasteiger partial charge in [-0.05, 0) is 43.5 Å². The molecule has 152 valence electrons. The summed E-state index contributed by atoms with van der Waals surface area (Å²) in [5.74, 6) is 0.104. The molecule has 0 aliphatic rings. The van der Waals surface area contributed by atoms with Gasteiger partial charge in [-0.15, -0.1) is 11.3 Å². The zero-order valence-electron chi connectivity index (χ0n) is 17.5. The standard InChI is InChI=1S/C24H23N3O2S/c1-14(2)17-5-7-18(8-6-17)23-27-20(13-30-23)12-29-24(28)19-9-10-21-22(11-19)26-16(4)15(3)25-21/h5-11,13-14H,12H2,1-4H3. The number of aryl methyl sites for hydroxylation is 2. The number of fused-ring (bicyclic) bond motifs is 1. The third-order valence-electron chi connectivity index (χ3n) is 5.04. The van der Waals surface area contributed by atoms with E-state index in [1.54, 1.807) is 29.5 Å². The highest BCUT2D eigenvalue weighted by Crippen LogP contribution is 2.26. The summed E-state index contributed by atoms with van der Waals surface area (Å²) in [6, 6.07) is 13.7. The second-order valence-corrected chi connectivity index (χ2v) is 8.45. The van der Waals surface area contributed by atoms with Crippen molar-refractivity contribution in [2.45, 2.75) is 40.2 Å². The van der Waals surface area contributed by atoms with Gasteiger partial charge in [0.25, 0.3) is 0 Å². The van der Waals surface area contributed by atoms with Crippen LogP contribution >= 0.6 is 11.3 Å². The Balaban J connectivity index is 1.44. The molecule has 0 atom stereocenters. The maximum Gasteiger partial charge on any atom is 0.338 e. The molecule has 4 aromatic rings. The van der Waals surface area contributed by atoms with Gasteiger partial charge in [-0.2, -0.15) is 0 Å². The Kier molecular flexibility index (Phi) is 5.59. The number of carbonyl (C=O) groups excluding carboxylic acids is 1. The van der Waals surface area contributed by atoms with Gasteiger partial charge in [-0.25, -0.2) is 19.7 Å². The quantitative estimate of drug-likeness (QED) is 0.381. The lowest BCUT2D eigenvalue weighted by Gasteiger charge is -2.06. The van der Waals surface area contributed by atoms with Gasteiger partial charge in [0.15, 0.2) is 0 Å². The highest BCUT2D eigenvalue weighted by Gasteiger charge is 2.12. The summed E-state index contributed by atoms with van der Waals surface area (Å²) in [5, 5.41) is 2.85. The number of rotatable bonds is 5. The van der Waals surface area contributed by atoms with Crippen molar-refractivity contribution in [2.24, 2.45) is 0 Å². The van der Waals surface area contributed by atoms with E-state index in [0.717, 1.165) is 33.2 Å². The molecule has 6 heteroatoms. The van der Waals surface area contributed by atoms with Gasteiger partial charge in [0, 0.05) is 10.9 Å². The number of ether oxygens (including phenoxy) is 1. The zero-order chi connectivity index (χ0) is 21.3. The Morgan fingerprint density at radius 1 is 0.967 bits per heavy atom. The normalized spacial score (nSPS) is 11.2. The maximum absolute atomic E-state index is 12.5. The molecule has 0 saturated heterocycles. The number of hydrogen-bond donors (Lipinski definition) is 0. The van der Waals surface area contributed by atoms with E-state index in [0.29, 0.717) is 17.0 Å². The Labute approximate surface area is 179 Å². The van der Waals surface area contributed by atoms with Crippen molar-refractivity contribution in [3.05, 3.63) is 76.1 Å². The molecule has 0 aliphatic carbocycles. The van der Waals surface area contributed by atoms with Gasteiger partial charge in [0.05, 0.1) is 33.7 Å². The van der Waals surface area contributed by atoms with Crippen molar-refractivity contribution in [3.8, 4) is 10.6 Å². The molecule has 0 saturated carbocycles. The van der Waals surface area contributed by atoms with E-state index < -0.39 is 5.97 Å². The predicted molar refractivity (Wildman–Crippen MR) is 120 cm³/mol. The van der Waals surface area contributed by atoms with Gasteiger partial charge in [0.1, 0.15) is 11.6 Å². The van der Waals surface area contributed by atoms with Crippen LogP contribution in [0.15, 0.2) is 47.8 Å².